The molecule has 0 amide bonds. The van der Waals surface area contributed by atoms with Crippen LogP contribution in [0.4, 0.5) is 5.69 Å². The van der Waals surface area contributed by atoms with E-state index < -0.39 is 0 Å². The maximum absolute atomic E-state index is 4.66. The van der Waals surface area contributed by atoms with Crippen LogP contribution in [0, 0.1) is 27.7 Å². The van der Waals surface area contributed by atoms with Crippen LogP contribution in [0.3, 0.4) is 0 Å². The first kappa shape index (κ1) is 16.7. The van der Waals surface area contributed by atoms with Crippen LogP contribution in [0.2, 0.25) is 0 Å². The number of hydrogen-bond acceptors (Lipinski definition) is 1. The molecule has 1 aromatic heterocycles. The van der Waals surface area contributed by atoms with Crippen LogP contribution in [0.5, 0.6) is 0 Å². The molecule has 3 rings (SSSR count). The van der Waals surface area contributed by atoms with Crippen molar-refractivity contribution in [3.8, 4) is 5.69 Å². The van der Waals surface area contributed by atoms with E-state index in [4.69, 9.17) is 0 Å². The lowest BCUT2D eigenvalue weighted by Gasteiger charge is -2.10. The summed E-state index contributed by atoms with van der Waals surface area (Å²) in [6.07, 6.45) is 1.95. The van der Waals surface area contributed by atoms with Gasteiger partial charge in [-0.3, -0.25) is 4.99 Å². The van der Waals surface area contributed by atoms with Crippen molar-refractivity contribution in [1.29, 1.82) is 0 Å². The third kappa shape index (κ3) is 3.36. The lowest BCUT2D eigenvalue weighted by molar-refractivity contribution is 0.963. The van der Waals surface area contributed by atoms with Crippen LogP contribution >= 0.6 is 15.9 Å². The highest BCUT2D eigenvalue weighted by Gasteiger charge is 2.09. The molecule has 3 heteroatoms. The van der Waals surface area contributed by atoms with E-state index in [0.29, 0.717) is 0 Å². The molecule has 0 radical (unpaired) electrons. The van der Waals surface area contributed by atoms with Gasteiger partial charge in [0.2, 0.25) is 0 Å². The highest BCUT2D eigenvalue weighted by molar-refractivity contribution is 9.10. The second kappa shape index (κ2) is 6.78. The Hall–Kier alpha value is -2.13. The average molecular weight is 381 g/mol. The van der Waals surface area contributed by atoms with E-state index in [1.54, 1.807) is 0 Å². The molecule has 1 heterocycles. The summed E-state index contributed by atoms with van der Waals surface area (Å²) in [7, 11) is 0. The zero-order valence-electron chi connectivity index (χ0n) is 14.5. The normalized spacial score (nSPS) is 11.4. The lowest BCUT2D eigenvalue weighted by Crippen LogP contribution is -1.99. The Bertz CT molecular complexity index is 920. The summed E-state index contributed by atoms with van der Waals surface area (Å²) in [5.41, 5.74) is 8.17. The fourth-order valence-corrected chi connectivity index (χ4v) is 3.53. The minimum atomic E-state index is 0.945. The van der Waals surface area contributed by atoms with Crippen molar-refractivity contribution in [1.82, 2.24) is 4.57 Å². The first-order chi connectivity index (χ1) is 11.5. The van der Waals surface area contributed by atoms with E-state index in [1.165, 1.54) is 28.2 Å². The van der Waals surface area contributed by atoms with Crippen molar-refractivity contribution in [2.45, 2.75) is 27.7 Å². The minimum absolute atomic E-state index is 0.945. The quantitative estimate of drug-likeness (QED) is 0.479. The van der Waals surface area contributed by atoms with Crippen molar-refractivity contribution >= 4 is 27.8 Å². The van der Waals surface area contributed by atoms with Gasteiger partial charge in [0.15, 0.2) is 0 Å². The highest BCUT2D eigenvalue weighted by Crippen LogP contribution is 2.27. The van der Waals surface area contributed by atoms with Gasteiger partial charge in [-0.05, 0) is 85.1 Å². The lowest BCUT2D eigenvalue weighted by atomic mass is 10.2. The van der Waals surface area contributed by atoms with Crippen molar-refractivity contribution in [3.63, 3.8) is 0 Å². The summed E-state index contributed by atoms with van der Waals surface area (Å²) < 4.78 is 3.30. The molecule has 0 N–H and O–H groups in total. The van der Waals surface area contributed by atoms with Crippen LogP contribution in [-0.4, -0.2) is 10.8 Å². The van der Waals surface area contributed by atoms with Gasteiger partial charge in [0.05, 0.1) is 5.69 Å². The summed E-state index contributed by atoms with van der Waals surface area (Å²) in [5.74, 6) is 0. The number of benzene rings is 2. The molecule has 0 atom stereocenters. The Balaban J connectivity index is 1.98. The van der Waals surface area contributed by atoms with E-state index >= 15 is 0 Å². The molecule has 0 bridgehead atoms. The van der Waals surface area contributed by atoms with Gasteiger partial charge in [0.1, 0.15) is 0 Å². The fraction of sp³-hybridized carbons (Fsp3) is 0.190. The monoisotopic (exact) mass is 380 g/mol. The second-order valence-corrected chi connectivity index (χ2v) is 7.07. The Morgan fingerprint density at radius 1 is 0.917 bits per heavy atom. The molecule has 0 unspecified atom stereocenters. The molecule has 0 aliphatic heterocycles. The van der Waals surface area contributed by atoms with Crippen molar-refractivity contribution < 1.29 is 0 Å². The Kier molecular flexibility index (Phi) is 4.72. The Labute approximate surface area is 152 Å². The second-order valence-electron chi connectivity index (χ2n) is 6.21. The molecular formula is C21H21BrN2. The number of halogens is 1. The van der Waals surface area contributed by atoms with E-state index in [0.717, 1.165) is 15.7 Å². The third-order valence-electron chi connectivity index (χ3n) is 4.18. The molecule has 0 spiro atoms. The van der Waals surface area contributed by atoms with E-state index in [2.05, 4.69) is 95.6 Å². The molecule has 0 aliphatic rings. The zero-order valence-corrected chi connectivity index (χ0v) is 16.1. The van der Waals surface area contributed by atoms with Crippen LogP contribution < -0.4 is 0 Å². The van der Waals surface area contributed by atoms with E-state index in [9.17, 15) is 0 Å². The third-order valence-corrected chi connectivity index (χ3v) is 4.81. The summed E-state index contributed by atoms with van der Waals surface area (Å²) in [4.78, 5) is 4.66. The standard InChI is InChI=1S/C21H21BrN2/c1-14-6-5-7-19(10-14)24-16(3)12-18(17(24)4)13-23-21-9-8-15(2)11-20(21)22/h5-13H,1-4H3. The van der Waals surface area contributed by atoms with Crippen LogP contribution in [0.25, 0.3) is 5.69 Å². The fourth-order valence-electron chi connectivity index (χ4n) is 2.94. The van der Waals surface area contributed by atoms with Crippen LogP contribution in [0.15, 0.2) is 58.0 Å². The van der Waals surface area contributed by atoms with Crippen LogP contribution in [0.1, 0.15) is 28.1 Å². The average Bonchev–Trinajstić information content (AvgIpc) is 2.80. The van der Waals surface area contributed by atoms with Gasteiger partial charge in [-0.1, -0.05) is 18.2 Å². The highest BCUT2D eigenvalue weighted by atomic mass is 79.9. The predicted octanol–water partition coefficient (Wildman–Crippen LogP) is 6.22. The number of rotatable bonds is 3. The van der Waals surface area contributed by atoms with Gasteiger partial charge >= 0.3 is 0 Å². The molecule has 0 fully saturated rings. The topological polar surface area (TPSA) is 17.3 Å². The minimum Gasteiger partial charge on any atom is -0.318 e. The van der Waals surface area contributed by atoms with E-state index in [1.807, 2.05) is 12.3 Å². The SMILES string of the molecule is Cc1cccc(-n2c(C)cc(C=Nc3ccc(C)cc3Br)c2C)c1. The zero-order chi connectivity index (χ0) is 17.3. The Morgan fingerprint density at radius 2 is 1.67 bits per heavy atom. The molecule has 0 aliphatic carbocycles. The number of aryl methyl sites for hydroxylation is 3. The van der Waals surface area contributed by atoms with Crippen molar-refractivity contribution in [2.24, 2.45) is 4.99 Å². The first-order valence-corrected chi connectivity index (χ1v) is 8.81. The van der Waals surface area contributed by atoms with Gasteiger partial charge in [-0.25, -0.2) is 0 Å². The summed E-state index contributed by atoms with van der Waals surface area (Å²) in [6, 6.07) is 17.0. The largest absolute Gasteiger partial charge is 0.318 e. The summed E-state index contributed by atoms with van der Waals surface area (Å²) in [5, 5.41) is 0. The van der Waals surface area contributed by atoms with Gasteiger partial charge < -0.3 is 4.57 Å². The van der Waals surface area contributed by atoms with Gasteiger partial charge in [0, 0.05) is 33.3 Å². The summed E-state index contributed by atoms with van der Waals surface area (Å²) >= 11 is 3.58. The number of aromatic nitrogens is 1. The van der Waals surface area contributed by atoms with Crippen molar-refractivity contribution in [3.05, 3.63) is 81.1 Å². The Morgan fingerprint density at radius 3 is 2.38 bits per heavy atom. The van der Waals surface area contributed by atoms with Crippen molar-refractivity contribution in [2.75, 3.05) is 0 Å². The molecule has 3 aromatic rings. The number of aliphatic imine (C=N–C) groups is 1. The molecule has 0 saturated carbocycles. The molecule has 2 nitrogen and oxygen atoms in total. The van der Waals surface area contributed by atoms with Gasteiger partial charge in [-0.15, -0.1) is 0 Å². The molecule has 24 heavy (non-hydrogen) atoms. The number of nitrogens with zero attached hydrogens (tertiary/aromatic N) is 2. The van der Waals surface area contributed by atoms with Crippen LogP contribution in [-0.2, 0) is 0 Å². The maximum Gasteiger partial charge on any atom is 0.0772 e. The molecular weight excluding hydrogens is 360 g/mol. The smallest absolute Gasteiger partial charge is 0.0772 e. The predicted molar refractivity (Wildman–Crippen MR) is 106 cm³/mol. The maximum atomic E-state index is 4.66. The van der Waals surface area contributed by atoms with Gasteiger partial charge in [0.25, 0.3) is 0 Å². The number of hydrogen-bond donors (Lipinski definition) is 0. The van der Waals surface area contributed by atoms with Gasteiger partial charge in [-0.2, -0.15) is 0 Å². The molecule has 0 saturated heterocycles. The summed E-state index contributed by atoms with van der Waals surface area (Å²) in [6.45, 7) is 8.47. The molecule has 122 valence electrons. The first-order valence-electron chi connectivity index (χ1n) is 8.02. The molecule has 2 aromatic carbocycles. The van der Waals surface area contributed by atoms with E-state index in [-0.39, 0.29) is 0 Å².